The normalized spacial score (nSPS) is 15.0. The summed E-state index contributed by atoms with van der Waals surface area (Å²) < 4.78 is 26.8. The van der Waals surface area contributed by atoms with E-state index in [4.69, 9.17) is 9.47 Å². The van der Waals surface area contributed by atoms with Crippen LogP contribution in [0.2, 0.25) is 0 Å². The Kier molecular flexibility index (Phi) is 10.1. The summed E-state index contributed by atoms with van der Waals surface area (Å²) in [7, 11) is -1.37. The third-order valence-electron chi connectivity index (χ3n) is 7.77. The van der Waals surface area contributed by atoms with Gasteiger partial charge in [-0.2, -0.15) is 4.98 Å². The molecular formula is C34H38N6O6S. The monoisotopic (exact) mass is 658 g/mol. The number of carbonyl (C=O) groups is 2. The number of methoxy groups -OCH3 is 1. The summed E-state index contributed by atoms with van der Waals surface area (Å²) in [5.74, 6) is 1.45. The van der Waals surface area contributed by atoms with Crippen molar-refractivity contribution < 1.29 is 28.4 Å². The van der Waals surface area contributed by atoms with Gasteiger partial charge in [-0.15, -0.1) is 4.36 Å². The Labute approximate surface area is 274 Å². The number of aliphatic hydroxyl groups is 1. The fourth-order valence-electron chi connectivity index (χ4n) is 4.98. The highest BCUT2D eigenvalue weighted by Gasteiger charge is 2.51. The maximum atomic E-state index is 13.3. The molecule has 0 bridgehead atoms. The molecule has 47 heavy (non-hydrogen) atoms. The molecule has 1 heterocycles. The van der Waals surface area contributed by atoms with Gasteiger partial charge in [-0.05, 0) is 86.3 Å². The average Bonchev–Trinajstić information content (AvgIpc) is 3.88. The van der Waals surface area contributed by atoms with Gasteiger partial charge in [0.2, 0.25) is 11.9 Å². The molecule has 1 fully saturated rings. The maximum absolute atomic E-state index is 13.3. The highest BCUT2D eigenvalue weighted by molar-refractivity contribution is 7.93. The molecule has 2 amide bonds. The zero-order valence-corrected chi connectivity index (χ0v) is 27.5. The molecule has 1 aliphatic rings. The largest absolute Gasteiger partial charge is 0.497 e. The Hall–Kier alpha value is -5.01. The quantitative estimate of drug-likeness (QED) is 0.143. The first-order valence-corrected chi connectivity index (χ1v) is 17.1. The second-order valence-corrected chi connectivity index (χ2v) is 13.5. The molecule has 0 radical (unpaired) electrons. The molecule has 0 spiro atoms. The van der Waals surface area contributed by atoms with Crippen LogP contribution in [0.25, 0.3) is 11.1 Å². The number of benzene rings is 3. The van der Waals surface area contributed by atoms with E-state index in [0.29, 0.717) is 33.6 Å². The van der Waals surface area contributed by atoms with Crippen LogP contribution in [0.3, 0.4) is 0 Å². The van der Waals surface area contributed by atoms with Crippen molar-refractivity contribution in [3.8, 4) is 16.9 Å². The van der Waals surface area contributed by atoms with Gasteiger partial charge in [0.25, 0.3) is 0 Å². The minimum Gasteiger partial charge on any atom is -0.497 e. The van der Waals surface area contributed by atoms with Crippen molar-refractivity contribution in [2.45, 2.75) is 43.0 Å². The van der Waals surface area contributed by atoms with E-state index < -0.39 is 21.2 Å². The first-order valence-electron chi connectivity index (χ1n) is 15.1. The predicted octanol–water partition coefficient (Wildman–Crippen LogP) is 5.97. The number of amides is 2. The number of rotatable bonds is 12. The molecule has 1 aromatic heterocycles. The molecule has 1 aliphatic carbocycles. The molecule has 4 N–H and O–H groups in total. The van der Waals surface area contributed by atoms with Gasteiger partial charge in [0, 0.05) is 40.3 Å². The van der Waals surface area contributed by atoms with Crippen LogP contribution in [0.4, 0.5) is 27.9 Å². The zero-order valence-electron chi connectivity index (χ0n) is 26.6. The Morgan fingerprint density at radius 1 is 1.06 bits per heavy atom. The fraction of sp³-hybridized carbons (Fsp3) is 0.294. The van der Waals surface area contributed by atoms with Crippen molar-refractivity contribution in [1.29, 1.82) is 0 Å². The Bertz CT molecular complexity index is 1870. The molecule has 5 rings (SSSR count). The van der Waals surface area contributed by atoms with Crippen LogP contribution < -0.4 is 20.7 Å². The number of hydrogen-bond acceptors (Lipinski definition) is 10. The minimum absolute atomic E-state index is 0.0564. The second-order valence-electron chi connectivity index (χ2n) is 11.3. The summed E-state index contributed by atoms with van der Waals surface area (Å²) in [6, 6.07) is 21.4. The highest BCUT2D eigenvalue weighted by atomic mass is 32.2. The van der Waals surface area contributed by atoms with E-state index in [2.05, 4.69) is 30.3 Å². The molecule has 1 saturated carbocycles. The number of aliphatic hydroxyl groups excluding tert-OH is 1. The summed E-state index contributed by atoms with van der Waals surface area (Å²) in [6.45, 7) is 3.51. The van der Waals surface area contributed by atoms with Gasteiger partial charge < -0.3 is 30.5 Å². The number of nitrogens with one attached hydrogen (secondary N) is 3. The lowest BCUT2D eigenvalue weighted by Crippen LogP contribution is -2.27. The number of carbonyl (C=O) groups excluding carboxylic acids is 2. The van der Waals surface area contributed by atoms with Crippen molar-refractivity contribution >= 4 is 44.9 Å². The van der Waals surface area contributed by atoms with Gasteiger partial charge in [0.15, 0.2) is 0 Å². The maximum Gasteiger partial charge on any atom is 0.442 e. The van der Waals surface area contributed by atoms with E-state index in [0.717, 1.165) is 29.7 Å². The molecule has 2 atom stereocenters. The van der Waals surface area contributed by atoms with E-state index in [1.54, 1.807) is 44.5 Å². The molecule has 0 aliphatic heterocycles. The molecule has 13 heteroatoms. The van der Waals surface area contributed by atoms with Gasteiger partial charge in [0.1, 0.15) is 11.6 Å². The lowest BCUT2D eigenvalue weighted by Gasteiger charge is -2.18. The molecule has 2 unspecified atom stereocenters. The summed E-state index contributed by atoms with van der Waals surface area (Å²) in [5.41, 5.74) is 3.18. The highest BCUT2D eigenvalue weighted by Crippen LogP contribution is 2.49. The van der Waals surface area contributed by atoms with Gasteiger partial charge in [0.05, 0.1) is 35.5 Å². The molecule has 246 valence electrons. The number of nitrogens with zero attached hydrogens (tertiary/aromatic N) is 3. The first kappa shape index (κ1) is 33.4. The minimum atomic E-state index is -2.98. The summed E-state index contributed by atoms with van der Waals surface area (Å²) in [5, 5.41) is 19.1. The number of aromatic nitrogens is 2. The van der Waals surface area contributed by atoms with Crippen LogP contribution in [-0.2, 0) is 24.7 Å². The lowest BCUT2D eigenvalue weighted by molar-refractivity contribution is -0.118. The first-order chi connectivity index (χ1) is 22.6. The zero-order chi connectivity index (χ0) is 33.6. The van der Waals surface area contributed by atoms with Crippen molar-refractivity contribution in [1.82, 2.24) is 9.97 Å². The molecule has 12 nitrogen and oxygen atoms in total. The van der Waals surface area contributed by atoms with Gasteiger partial charge in [-0.1, -0.05) is 24.3 Å². The third-order valence-corrected chi connectivity index (χ3v) is 9.42. The van der Waals surface area contributed by atoms with E-state index >= 15 is 0 Å². The molecule has 4 aromatic rings. The SMILES string of the molecule is CCOC(=O)N=S(C)(=O)c1ccc(Nc2ncc(-c3ccc(NC(=O)C4(c5cccc(OC)c5)CC4)cc3)c(NC(C)CO)n2)cc1. The average molecular weight is 659 g/mol. The number of ether oxygens (including phenoxy) is 2. The van der Waals surface area contributed by atoms with Crippen LogP contribution in [0.1, 0.15) is 32.3 Å². The van der Waals surface area contributed by atoms with Gasteiger partial charge >= 0.3 is 6.09 Å². The van der Waals surface area contributed by atoms with Gasteiger partial charge in [-0.25, -0.2) is 14.0 Å². The third kappa shape index (κ3) is 7.87. The summed E-state index contributed by atoms with van der Waals surface area (Å²) in [4.78, 5) is 34.6. The Morgan fingerprint density at radius 3 is 2.40 bits per heavy atom. The van der Waals surface area contributed by atoms with Crippen LogP contribution >= 0.6 is 0 Å². The van der Waals surface area contributed by atoms with Crippen LogP contribution in [-0.4, -0.2) is 63.9 Å². The second kappa shape index (κ2) is 14.2. The fourth-order valence-corrected chi connectivity index (χ4v) is 6.07. The van der Waals surface area contributed by atoms with Gasteiger partial charge in [-0.3, -0.25) is 4.79 Å². The van der Waals surface area contributed by atoms with E-state index in [1.807, 2.05) is 55.5 Å². The number of anilines is 4. The lowest BCUT2D eigenvalue weighted by atomic mass is 9.94. The standard InChI is InChI=1S/C34H38N6O6S/c1-5-46-33(43)40-47(4,44)28-15-13-26(14-16-28)38-32-35-20-29(30(39-32)36-22(2)21-41)23-9-11-25(12-10-23)37-31(42)34(17-18-34)24-7-6-8-27(19-24)45-3/h6-16,19-20,22,41H,5,17-18,21H2,1-4H3,(H,37,42)(H2,35,36,38,39). The van der Waals surface area contributed by atoms with E-state index in [1.165, 1.54) is 6.26 Å². The van der Waals surface area contributed by atoms with Crippen molar-refractivity contribution in [3.63, 3.8) is 0 Å². The molecule has 0 saturated heterocycles. The smallest absolute Gasteiger partial charge is 0.442 e. The summed E-state index contributed by atoms with van der Waals surface area (Å²) in [6.07, 6.45) is 3.72. The van der Waals surface area contributed by atoms with Crippen molar-refractivity contribution in [2.24, 2.45) is 4.36 Å². The number of hydrogen-bond donors (Lipinski definition) is 4. The Balaban J connectivity index is 1.32. The van der Waals surface area contributed by atoms with E-state index in [-0.39, 0.29) is 25.2 Å². The van der Waals surface area contributed by atoms with E-state index in [9.17, 15) is 18.9 Å². The van der Waals surface area contributed by atoms with Crippen LogP contribution in [0, 0.1) is 0 Å². The summed E-state index contributed by atoms with van der Waals surface area (Å²) >= 11 is 0. The van der Waals surface area contributed by atoms with Crippen molar-refractivity contribution in [2.75, 3.05) is 42.5 Å². The van der Waals surface area contributed by atoms with Crippen LogP contribution in [0.5, 0.6) is 5.75 Å². The Morgan fingerprint density at radius 2 is 1.77 bits per heavy atom. The topological polar surface area (TPSA) is 164 Å². The van der Waals surface area contributed by atoms with Crippen LogP contribution in [0.15, 0.2) is 88.3 Å². The molecule has 3 aromatic carbocycles. The predicted molar refractivity (Wildman–Crippen MR) is 182 cm³/mol. The molecular weight excluding hydrogens is 620 g/mol. The van der Waals surface area contributed by atoms with Crippen molar-refractivity contribution in [3.05, 3.63) is 84.6 Å².